The highest BCUT2D eigenvalue weighted by atomic mass is 35.5. The number of nitrogens with zero attached hydrogens (tertiary/aromatic N) is 2. The number of benzene rings is 1. The van der Waals surface area contributed by atoms with Crippen LogP contribution in [0.15, 0.2) is 48.8 Å². The van der Waals surface area contributed by atoms with E-state index in [-0.39, 0.29) is 30.6 Å². The summed E-state index contributed by atoms with van der Waals surface area (Å²) in [6.45, 7) is 1.43. The van der Waals surface area contributed by atoms with Crippen LogP contribution >= 0.6 is 11.6 Å². The molecule has 0 radical (unpaired) electrons. The molecule has 1 atom stereocenters. The predicted molar refractivity (Wildman–Crippen MR) is 94.5 cm³/mol. The zero-order valence-electron chi connectivity index (χ0n) is 13.7. The summed E-state index contributed by atoms with van der Waals surface area (Å²) in [6.07, 6.45) is 3.27. The van der Waals surface area contributed by atoms with Crippen LogP contribution in [0.3, 0.4) is 0 Å². The molecule has 0 saturated carbocycles. The molecule has 5 nitrogen and oxygen atoms in total. The minimum Gasteiger partial charge on any atom is -0.370 e. The second-order valence-electron chi connectivity index (χ2n) is 5.89. The summed E-state index contributed by atoms with van der Waals surface area (Å²) >= 11 is 6.22. The lowest BCUT2D eigenvalue weighted by molar-refractivity contribution is -0.139. The van der Waals surface area contributed by atoms with Crippen LogP contribution < -0.4 is 0 Å². The number of hydrogen-bond donors (Lipinski definition) is 0. The molecule has 2 heterocycles. The minimum atomic E-state index is -0.236. The van der Waals surface area contributed by atoms with E-state index in [4.69, 9.17) is 16.3 Å². The summed E-state index contributed by atoms with van der Waals surface area (Å²) in [4.78, 5) is 30.2. The molecule has 1 unspecified atom stereocenters. The Balaban J connectivity index is 1.57. The van der Waals surface area contributed by atoms with Crippen molar-refractivity contribution in [1.82, 2.24) is 9.88 Å². The van der Waals surface area contributed by atoms with E-state index in [2.05, 4.69) is 4.98 Å². The molecule has 1 aliphatic heterocycles. The summed E-state index contributed by atoms with van der Waals surface area (Å²) in [5.74, 6) is -0.116. The Bertz CT molecular complexity index is 751. The largest absolute Gasteiger partial charge is 0.370 e. The average Bonchev–Trinajstić information content (AvgIpc) is 2.67. The summed E-state index contributed by atoms with van der Waals surface area (Å²) in [5.41, 5.74) is 1.42. The molecule has 130 valence electrons. The SMILES string of the molecule is O=C(CCC(=O)N1CCOC(c2ccccc2Cl)C1)c1cccnc1. The van der Waals surface area contributed by atoms with Crippen LogP contribution in [0.1, 0.15) is 34.9 Å². The van der Waals surface area contributed by atoms with Crippen molar-refractivity contribution in [2.75, 3.05) is 19.7 Å². The normalized spacial score (nSPS) is 17.3. The van der Waals surface area contributed by atoms with Crippen molar-refractivity contribution in [3.05, 3.63) is 64.9 Å². The van der Waals surface area contributed by atoms with Gasteiger partial charge in [-0.25, -0.2) is 0 Å². The number of hydrogen-bond acceptors (Lipinski definition) is 4. The number of amides is 1. The minimum absolute atomic E-state index is 0.0439. The van der Waals surface area contributed by atoms with Gasteiger partial charge in [0.05, 0.1) is 13.2 Å². The van der Waals surface area contributed by atoms with E-state index in [9.17, 15) is 9.59 Å². The highest BCUT2D eigenvalue weighted by molar-refractivity contribution is 6.31. The molecule has 1 aromatic carbocycles. The zero-order valence-corrected chi connectivity index (χ0v) is 14.5. The van der Waals surface area contributed by atoms with E-state index in [0.29, 0.717) is 30.3 Å². The highest BCUT2D eigenvalue weighted by Crippen LogP contribution is 2.28. The number of aromatic nitrogens is 1. The monoisotopic (exact) mass is 358 g/mol. The van der Waals surface area contributed by atoms with Crippen molar-refractivity contribution < 1.29 is 14.3 Å². The van der Waals surface area contributed by atoms with Crippen LogP contribution in [0, 0.1) is 0 Å². The number of rotatable bonds is 5. The van der Waals surface area contributed by atoms with E-state index >= 15 is 0 Å². The smallest absolute Gasteiger partial charge is 0.223 e. The predicted octanol–water partition coefficient (Wildman–Crippen LogP) is 3.30. The number of carbonyl (C=O) groups is 2. The third kappa shape index (κ3) is 4.44. The Morgan fingerprint density at radius 2 is 2.04 bits per heavy atom. The Hall–Kier alpha value is -2.24. The number of morpholine rings is 1. The van der Waals surface area contributed by atoms with Crippen molar-refractivity contribution in [3.8, 4) is 0 Å². The third-order valence-corrected chi connectivity index (χ3v) is 4.56. The van der Waals surface area contributed by atoms with Crippen LogP contribution in [0.4, 0.5) is 0 Å². The van der Waals surface area contributed by atoms with E-state index in [1.807, 2.05) is 24.3 Å². The Labute approximate surface area is 151 Å². The van der Waals surface area contributed by atoms with Crippen molar-refractivity contribution in [1.29, 1.82) is 0 Å². The van der Waals surface area contributed by atoms with Gasteiger partial charge in [0.2, 0.25) is 5.91 Å². The van der Waals surface area contributed by atoms with Gasteiger partial charge in [0.25, 0.3) is 0 Å². The van der Waals surface area contributed by atoms with Crippen LogP contribution in [0.5, 0.6) is 0 Å². The summed E-state index contributed by atoms with van der Waals surface area (Å²) in [7, 11) is 0. The van der Waals surface area contributed by atoms with Crippen LogP contribution in [-0.2, 0) is 9.53 Å². The molecule has 1 saturated heterocycles. The maximum Gasteiger partial charge on any atom is 0.223 e. The molecule has 2 aromatic rings. The molecular weight excluding hydrogens is 340 g/mol. The van der Waals surface area contributed by atoms with Crippen LogP contribution in [0.25, 0.3) is 0 Å². The van der Waals surface area contributed by atoms with Gasteiger partial charge < -0.3 is 9.64 Å². The van der Waals surface area contributed by atoms with E-state index in [1.54, 1.807) is 23.2 Å². The van der Waals surface area contributed by atoms with Gasteiger partial charge in [0.15, 0.2) is 5.78 Å². The maximum absolute atomic E-state index is 12.5. The second kappa shape index (κ2) is 8.23. The van der Waals surface area contributed by atoms with Crippen LogP contribution in [-0.4, -0.2) is 41.3 Å². The van der Waals surface area contributed by atoms with Crippen molar-refractivity contribution in [2.24, 2.45) is 0 Å². The first kappa shape index (κ1) is 17.6. The molecule has 0 N–H and O–H groups in total. The molecule has 1 fully saturated rings. The molecule has 0 bridgehead atoms. The molecule has 1 amide bonds. The van der Waals surface area contributed by atoms with E-state index < -0.39 is 0 Å². The molecule has 25 heavy (non-hydrogen) atoms. The molecule has 3 rings (SSSR count). The topological polar surface area (TPSA) is 59.5 Å². The fourth-order valence-corrected chi connectivity index (χ4v) is 3.11. The third-order valence-electron chi connectivity index (χ3n) is 4.22. The summed E-state index contributed by atoms with van der Waals surface area (Å²) in [5, 5.41) is 0.633. The van der Waals surface area contributed by atoms with Gasteiger partial charge in [0, 0.05) is 47.9 Å². The number of pyridine rings is 1. The van der Waals surface area contributed by atoms with Gasteiger partial charge in [-0.05, 0) is 18.2 Å². The molecule has 0 aliphatic carbocycles. The second-order valence-corrected chi connectivity index (χ2v) is 6.29. The Morgan fingerprint density at radius 1 is 1.20 bits per heavy atom. The fraction of sp³-hybridized carbons (Fsp3) is 0.316. The molecule has 0 spiro atoms. The number of Topliss-reactive ketones (excluding diaryl/α,β-unsaturated/α-hetero) is 1. The first-order valence-corrected chi connectivity index (χ1v) is 8.60. The molecular formula is C19H19ClN2O3. The van der Waals surface area contributed by atoms with Crippen molar-refractivity contribution >= 4 is 23.3 Å². The lowest BCUT2D eigenvalue weighted by atomic mass is 10.1. The fourth-order valence-electron chi connectivity index (χ4n) is 2.85. The van der Waals surface area contributed by atoms with Crippen molar-refractivity contribution in [3.63, 3.8) is 0 Å². The Morgan fingerprint density at radius 3 is 2.80 bits per heavy atom. The summed E-state index contributed by atoms with van der Waals surface area (Å²) < 4.78 is 5.77. The standard InChI is InChI=1S/C19H19ClN2O3/c20-16-6-2-1-5-15(16)18-13-22(10-11-25-18)19(24)8-7-17(23)14-4-3-9-21-12-14/h1-6,9,12,18H,7-8,10-11,13H2. The van der Waals surface area contributed by atoms with E-state index in [0.717, 1.165) is 5.56 Å². The van der Waals surface area contributed by atoms with Gasteiger partial charge in [-0.3, -0.25) is 14.6 Å². The lowest BCUT2D eigenvalue weighted by Gasteiger charge is -2.33. The van der Waals surface area contributed by atoms with Crippen molar-refractivity contribution in [2.45, 2.75) is 18.9 Å². The lowest BCUT2D eigenvalue weighted by Crippen LogP contribution is -2.42. The quantitative estimate of drug-likeness (QED) is 0.769. The van der Waals surface area contributed by atoms with Gasteiger partial charge in [0.1, 0.15) is 6.10 Å². The maximum atomic E-state index is 12.5. The van der Waals surface area contributed by atoms with E-state index in [1.165, 1.54) is 6.20 Å². The number of carbonyl (C=O) groups excluding carboxylic acids is 2. The molecule has 1 aliphatic rings. The highest BCUT2D eigenvalue weighted by Gasteiger charge is 2.26. The summed E-state index contributed by atoms with van der Waals surface area (Å²) in [6, 6.07) is 10.9. The average molecular weight is 359 g/mol. The zero-order chi connectivity index (χ0) is 17.6. The first-order chi connectivity index (χ1) is 12.1. The number of halogens is 1. The van der Waals surface area contributed by atoms with Gasteiger partial charge in [-0.1, -0.05) is 29.8 Å². The number of ether oxygens (including phenoxy) is 1. The van der Waals surface area contributed by atoms with Gasteiger partial charge >= 0.3 is 0 Å². The molecule has 1 aromatic heterocycles. The van der Waals surface area contributed by atoms with Gasteiger partial charge in [-0.15, -0.1) is 0 Å². The van der Waals surface area contributed by atoms with Gasteiger partial charge in [-0.2, -0.15) is 0 Å². The Kier molecular flexibility index (Phi) is 5.79. The first-order valence-electron chi connectivity index (χ1n) is 8.22. The molecule has 6 heteroatoms. The number of ketones is 1. The van der Waals surface area contributed by atoms with Crippen LogP contribution in [0.2, 0.25) is 5.02 Å².